The van der Waals surface area contributed by atoms with Gasteiger partial charge in [0.1, 0.15) is 0 Å². The Morgan fingerprint density at radius 1 is 1.38 bits per heavy atom. The largest absolute Gasteiger partial charge is 0.400 e. The first kappa shape index (κ1) is 9.95. The fourth-order valence-corrected chi connectivity index (χ4v) is 1.13. The van der Waals surface area contributed by atoms with Gasteiger partial charge in [-0.05, 0) is 13.0 Å². The highest BCUT2D eigenvalue weighted by Crippen LogP contribution is 2.45. The normalized spacial score (nSPS) is 29.5. The molecule has 0 fully saturated rings. The van der Waals surface area contributed by atoms with Crippen molar-refractivity contribution in [2.24, 2.45) is 16.9 Å². The van der Waals surface area contributed by atoms with Crippen molar-refractivity contribution in [2.75, 3.05) is 0 Å². The summed E-state index contributed by atoms with van der Waals surface area (Å²) in [6.45, 7) is 1.10. The third-order valence-electron chi connectivity index (χ3n) is 2.21. The fourth-order valence-electron chi connectivity index (χ4n) is 1.13. The van der Waals surface area contributed by atoms with Gasteiger partial charge in [0.15, 0.2) is 0 Å². The molecule has 0 heterocycles. The lowest BCUT2D eigenvalue weighted by Crippen LogP contribution is -2.37. The zero-order chi connectivity index (χ0) is 10.3. The van der Waals surface area contributed by atoms with Crippen molar-refractivity contribution in [2.45, 2.75) is 19.5 Å². The number of hydrogen-bond acceptors (Lipinski definition) is 2. The summed E-state index contributed by atoms with van der Waals surface area (Å²) in [6, 6.07) is 0. The van der Waals surface area contributed by atoms with Gasteiger partial charge in [0.2, 0.25) is 0 Å². The van der Waals surface area contributed by atoms with E-state index in [1.807, 2.05) is 0 Å². The maximum atomic E-state index is 12.5. The molecule has 1 aliphatic rings. The molecule has 1 unspecified atom stereocenters. The van der Waals surface area contributed by atoms with Crippen LogP contribution in [-0.2, 0) is 0 Å². The van der Waals surface area contributed by atoms with Crippen LogP contribution in [0, 0.1) is 5.41 Å². The van der Waals surface area contributed by atoms with E-state index >= 15 is 0 Å². The van der Waals surface area contributed by atoms with Gasteiger partial charge in [-0.2, -0.15) is 13.2 Å². The third kappa shape index (κ3) is 1.64. The average Bonchev–Trinajstić information content (AvgIpc) is 1.95. The molecule has 0 aromatic carbocycles. The Morgan fingerprint density at radius 3 is 2.31 bits per heavy atom. The predicted molar refractivity (Wildman–Crippen MR) is 43.3 cm³/mol. The van der Waals surface area contributed by atoms with Crippen LogP contribution in [0.25, 0.3) is 0 Å². The Kier molecular flexibility index (Phi) is 2.05. The molecule has 0 saturated heterocycles. The highest BCUT2D eigenvalue weighted by molar-refractivity contribution is 5.29. The Labute approximate surface area is 74.1 Å². The van der Waals surface area contributed by atoms with Gasteiger partial charge in [0.05, 0.1) is 11.1 Å². The highest BCUT2D eigenvalue weighted by atomic mass is 19.4. The van der Waals surface area contributed by atoms with Gasteiger partial charge in [0.25, 0.3) is 0 Å². The van der Waals surface area contributed by atoms with E-state index in [0.29, 0.717) is 0 Å². The van der Waals surface area contributed by atoms with E-state index in [2.05, 4.69) is 0 Å². The molecule has 2 nitrogen and oxygen atoms in total. The molecule has 1 aliphatic carbocycles. The molecule has 74 valence electrons. The lowest BCUT2D eigenvalue weighted by atomic mass is 9.81. The minimum Gasteiger partial charge on any atom is -0.400 e. The summed E-state index contributed by atoms with van der Waals surface area (Å²) in [5.41, 5.74) is 9.15. The summed E-state index contributed by atoms with van der Waals surface area (Å²) >= 11 is 0. The number of hydrogen-bond donors (Lipinski definition) is 2. The summed E-state index contributed by atoms with van der Waals surface area (Å²) in [7, 11) is 0. The average molecular weight is 192 g/mol. The van der Waals surface area contributed by atoms with Crippen LogP contribution in [0.15, 0.2) is 23.5 Å². The predicted octanol–water partition coefficient (Wildman–Crippen LogP) is 1.64. The second-order valence-corrected chi connectivity index (χ2v) is 3.41. The molecule has 1 atom stereocenters. The first-order valence-corrected chi connectivity index (χ1v) is 3.76. The van der Waals surface area contributed by atoms with E-state index in [1.165, 1.54) is 6.08 Å². The van der Waals surface area contributed by atoms with Gasteiger partial charge in [-0.3, -0.25) is 0 Å². The molecular formula is C8H11F3N2. The van der Waals surface area contributed by atoms with Gasteiger partial charge < -0.3 is 11.5 Å². The van der Waals surface area contributed by atoms with Crippen LogP contribution in [0.5, 0.6) is 0 Å². The molecule has 0 spiro atoms. The van der Waals surface area contributed by atoms with Crippen molar-refractivity contribution < 1.29 is 13.2 Å². The summed E-state index contributed by atoms with van der Waals surface area (Å²) in [4.78, 5) is 0. The maximum Gasteiger partial charge on any atom is 0.397 e. The van der Waals surface area contributed by atoms with Gasteiger partial charge in [-0.1, -0.05) is 6.08 Å². The molecule has 13 heavy (non-hydrogen) atoms. The van der Waals surface area contributed by atoms with Gasteiger partial charge in [-0.15, -0.1) is 0 Å². The van der Waals surface area contributed by atoms with Crippen LogP contribution in [0.2, 0.25) is 0 Å². The van der Waals surface area contributed by atoms with E-state index in [-0.39, 0.29) is 17.8 Å². The van der Waals surface area contributed by atoms with Crippen molar-refractivity contribution in [1.82, 2.24) is 0 Å². The molecule has 0 bridgehead atoms. The Bertz CT molecular complexity index is 278. The number of alkyl halides is 3. The number of allylic oxidation sites excluding steroid dienone is 3. The van der Waals surface area contributed by atoms with Gasteiger partial charge in [0, 0.05) is 12.1 Å². The maximum absolute atomic E-state index is 12.5. The minimum absolute atomic E-state index is 0.0994. The van der Waals surface area contributed by atoms with Gasteiger partial charge in [-0.25, -0.2) is 0 Å². The van der Waals surface area contributed by atoms with Crippen LogP contribution in [0.3, 0.4) is 0 Å². The van der Waals surface area contributed by atoms with Crippen molar-refractivity contribution >= 4 is 0 Å². The minimum atomic E-state index is -4.28. The molecule has 4 N–H and O–H groups in total. The summed E-state index contributed by atoms with van der Waals surface area (Å²) in [6.07, 6.45) is -2.28. The lowest BCUT2D eigenvalue weighted by molar-refractivity contribution is -0.200. The fraction of sp³-hybridized carbons (Fsp3) is 0.500. The van der Waals surface area contributed by atoms with Crippen LogP contribution in [0.1, 0.15) is 13.3 Å². The molecular weight excluding hydrogens is 181 g/mol. The topological polar surface area (TPSA) is 52.0 Å². The first-order valence-electron chi connectivity index (χ1n) is 3.76. The monoisotopic (exact) mass is 192 g/mol. The molecule has 0 amide bonds. The lowest BCUT2D eigenvalue weighted by Gasteiger charge is -2.31. The highest BCUT2D eigenvalue weighted by Gasteiger charge is 2.50. The van der Waals surface area contributed by atoms with E-state index in [0.717, 1.165) is 13.0 Å². The second kappa shape index (κ2) is 2.68. The van der Waals surface area contributed by atoms with Crippen molar-refractivity contribution in [3.63, 3.8) is 0 Å². The zero-order valence-corrected chi connectivity index (χ0v) is 7.15. The Balaban J connectivity index is 2.97. The molecule has 0 saturated carbocycles. The molecule has 1 rings (SSSR count). The van der Waals surface area contributed by atoms with Crippen LogP contribution >= 0.6 is 0 Å². The first-order chi connectivity index (χ1) is 5.76. The summed E-state index contributed by atoms with van der Waals surface area (Å²) < 4.78 is 37.4. The number of nitrogens with two attached hydrogens (primary N) is 2. The summed E-state index contributed by atoms with van der Waals surface area (Å²) in [5.74, 6) is 0. The Morgan fingerprint density at radius 2 is 1.92 bits per heavy atom. The Hall–Kier alpha value is -1.13. The van der Waals surface area contributed by atoms with Crippen LogP contribution in [-0.4, -0.2) is 6.18 Å². The quantitative estimate of drug-likeness (QED) is 0.613. The third-order valence-corrected chi connectivity index (χ3v) is 2.21. The zero-order valence-electron chi connectivity index (χ0n) is 7.15. The molecule has 0 radical (unpaired) electrons. The smallest absolute Gasteiger partial charge is 0.397 e. The molecule has 0 aromatic rings. The standard InChI is InChI=1S/C8H11F3N2/c1-7(8(9,10)11)3-2-5(12)6(13)4-7/h2-3H,4,12-13H2,1H3. The molecule has 5 heteroatoms. The molecule has 0 aromatic heterocycles. The second-order valence-electron chi connectivity index (χ2n) is 3.41. The van der Waals surface area contributed by atoms with Gasteiger partial charge >= 0.3 is 6.18 Å². The number of rotatable bonds is 0. The van der Waals surface area contributed by atoms with Crippen LogP contribution in [0.4, 0.5) is 13.2 Å². The van der Waals surface area contributed by atoms with Crippen molar-refractivity contribution in [3.05, 3.63) is 23.5 Å². The number of halogens is 3. The van der Waals surface area contributed by atoms with Crippen molar-refractivity contribution in [1.29, 1.82) is 0 Å². The van der Waals surface area contributed by atoms with E-state index in [1.54, 1.807) is 0 Å². The van der Waals surface area contributed by atoms with E-state index < -0.39 is 11.6 Å². The SMILES string of the molecule is CC1(C(F)(F)F)C=CC(N)=C(N)C1. The van der Waals surface area contributed by atoms with E-state index in [9.17, 15) is 13.2 Å². The molecule has 0 aliphatic heterocycles. The van der Waals surface area contributed by atoms with Crippen LogP contribution < -0.4 is 11.5 Å². The summed E-state index contributed by atoms with van der Waals surface area (Å²) in [5, 5.41) is 0. The van der Waals surface area contributed by atoms with Crippen molar-refractivity contribution in [3.8, 4) is 0 Å². The van der Waals surface area contributed by atoms with E-state index in [4.69, 9.17) is 11.5 Å².